The molecule has 0 aliphatic heterocycles. The van der Waals surface area contributed by atoms with Gasteiger partial charge in [0.2, 0.25) is 0 Å². The molecule has 1 atom stereocenters. The van der Waals surface area contributed by atoms with Crippen LogP contribution in [-0.4, -0.2) is 23.5 Å². The van der Waals surface area contributed by atoms with Crippen LogP contribution in [0.4, 0.5) is 0 Å². The van der Waals surface area contributed by atoms with Crippen LogP contribution in [0.15, 0.2) is 0 Å². The summed E-state index contributed by atoms with van der Waals surface area (Å²) in [4.78, 5) is 0. The molecule has 0 bridgehead atoms. The number of hydrogen-bond acceptors (Lipinski definition) is 2. The number of aliphatic hydroxyl groups excluding tert-OH is 1. The lowest BCUT2D eigenvalue weighted by atomic mass is 10.7. The van der Waals surface area contributed by atoms with E-state index >= 15 is 0 Å². The third-order valence-electron chi connectivity index (χ3n) is 0.525. The summed E-state index contributed by atoms with van der Waals surface area (Å²) in [6.45, 7) is 3.24. The Labute approximate surface area is 54.1 Å². The highest BCUT2D eigenvalue weighted by Gasteiger charge is 1.93. The molecule has 3 N–H and O–H groups in total. The van der Waals surface area contributed by atoms with E-state index in [1.807, 2.05) is 0 Å². The van der Waals surface area contributed by atoms with Crippen LogP contribution in [0, 0.1) is 6.92 Å². The topological polar surface area (TPSA) is 44.3 Å². The van der Waals surface area contributed by atoms with Gasteiger partial charge in [-0.1, -0.05) is 0 Å². The summed E-state index contributed by atoms with van der Waals surface area (Å²) in [5.41, 5.74) is 0. The van der Waals surface area contributed by atoms with Crippen molar-refractivity contribution in [3.05, 3.63) is 6.92 Å². The number of nitrogens with one attached hydrogen (secondary N) is 2. The van der Waals surface area contributed by atoms with E-state index < -0.39 is 6.23 Å². The molecular weight excluding hydrogens is 124 g/mol. The van der Waals surface area contributed by atoms with Crippen molar-refractivity contribution in [1.29, 1.82) is 0 Å². The van der Waals surface area contributed by atoms with Crippen LogP contribution in [0.25, 0.3) is 0 Å². The van der Waals surface area contributed by atoms with Gasteiger partial charge >= 0.3 is 0 Å². The minimum absolute atomic E-state index is 0.396. The highest BCUT2D eigenvalue weighted by Crippen LogP contribution is 1.69. The van der Waals surface area contributed by atoms with Gasteiger partial charge in [-0.25, -0.2) is 0 Å². The van der Waals surface area contributed by atoms with Gasteiger partial charge in [-0.05, 0) is 19.1 Å². The summed E-state index contributed by atoms with van der Waals surface area (Å²) in [6, 6.07) is 0. The van der Waals surface area contributed by atoms with E-state index in [4.69, 9.17) is 5.11 Å². The van der Waals surface area contributed by atoms with Crippen molar-refractivity contribution in [2.75, 3.05) is 7.05 Å². The molecule has 0 saturated heterocycles. The first-order valence-electron chi connectivity index (χ1n) is 2.16. The minimum Gasteiger partial charge on any atom is -0.374 e. The second kappa shape index (κ2) is 3.63. The standard InChI is InChI=1S/C4H9N2OS/c1-3(7)6-4(8)5-2/h3,7H,1H2,2H3,(H2,5,6,8). The molecule has 47 valence electrons. The molecule has 0 aromatic rings. The van der Waals surface area contributed by atoms with E-state index in [-0.39, 0.29) is 0 Å². The van der Waals surface area contributed by atoms with Crippen molar-refractivity contribution in [3.63, 3.8) is 0 Å². The monoisotopic (exact) mass is 133 g/mol. The Morgan fingerprint density at radius 2 is 2.38 bits per heavy atom. The molecule has 0 saturated carbocycles. The van der Waals surface area contributed by atoms with Crippen LogP contribution in [0.3, 0.4) is 0 Å². The summed E-state index contributed by atoms with van der Waals surface area (Å²) in [7, 11) is 1.66. The summed E-state index contributed by atoms with van der Waals surface area (Å²) in [5, 5.41) is 14.0. The smallest absolute Gasteiger partial charge is 0.168 e. The van der Waals surface area contributed by atoms with E-state index in [2.05, 4.69) is 29.8 Å². The highest BCUT2D eigenvalue weighted by atomic mass is 32.1. The van der Waals surface area contributed by atoms with Gasteiger partial charge in [-0.15, -0.1) is 0 Å². The molecule has 0 aliphatic rings. The van der Waals surface area contributed by atoms with E-state index in [0.717, 1.165) is 0 Å². The summed E-state index contributed by atoms with van der Waals surface area (Å²) in [5.74, 6) is 0. The molecule has 0 heterocycles. The maximum absolute atomic E-state index is 8.50. The van der Waals surface area contributed by atoms with Crippen LogP contribution >= 0.6 is 12.2 Å². The van der Waals surface area contributed by atoms with Gasteiger partial charge in [-0.2, -0.15) is 0 Å². The molecular formula is C4H9N2OS. The van der Waals surface area contributed by atoms with Gasteiger partial charge in [0, 0.05) is 7.05 Å². The molecule has 0 aromatic carbocycles. The minimum atomic E-state index is -0.824. The van der Waals surface area contributed by atoms with Gasteiger partial charge < -0.3 is 15.7 Å². The molecule has 0 aromatic heterocycles. The fraction of sp³-hybridized carbons (Fsp3) is 0.500. The summed E-state index contributed by atoms with van der Waals surface area (Å²) in [6.07, 6.45) is -0.824. The molecule has 0 amide bonds. The average molecular weight is 133 g/mol. The first kappa shape index (κ1) is 7.65. The normalized spacial score (nSPS) is 12.4. The van der Waals surface area contributed by atoms with Crippen LogP contribution < -0.4 is 10.6 Å². The molecule has 1 unspecified atom stereocenters. The Hall–Kier alpha value is -0.350. The van der Waals surface area contributed by atoms with Crippen molar-refractivity contribution in [3.8, 4) is 0 Å². The zero-order valence-electron chi connectivity index (χ0n) is 4.64. The van der Waals surface area contributed by atoms with Crippen molar-refractivity contribution in [2.24, 2.45) is 0 Å². The van der Waals surface area contributed by atoms with Crippen LogP contribution in [-0.2, 0) is 0 Å². The Morgan fingerprint density at radius 1 is 1.88 bits per heavy atom. The Balaban J connectivity index is 3.25. The Bertz CT molecular complexity index is 84.1. The van der Waals surface area contributed by atoms with Gasteiger partial charge in [-0.3, -0.25) is 0 Å². The zero-order valence-corrected chi connectivity index (χ0v) is 5.46. The highest BCUT2D eigenvalue weighted by molar-refractivity contribution is 7.80. The van der Waals surface area contributed by atoms with Crippen LogP contribution in [0.1, 0.15) is 0 Å². The van der Waals surface area contributed by atoms with Gasteiger partial charge in [0.15, 0.2) is 5.11 Å². The molecule has 0 spiro atoms. The van der Waals surface area contributed by atoms with E-state index in [1.165, 1.54) is 0 Å². The SMILES string of the molecule is [CH2]C(O)NC(=S)NC. The number of hydrogen-bond donors (Lipinski definition) is 3. The summed E-state index contributed by atoms with van der Waals surface area (Å²) < 4.78 is 0. The largest absolute Gasteiger partial charge is 0.374 e. The first-order valence-corrected chi connectivity index (χ1v) is 2.57. The predicted octanol–water partition coefficient (Wildman–Crippen LogP) is -0.767. The van der Waals surface area contributed by atoms with Crippen molar-refractivity contribution in [2.45, 2.75) is 6.23 Å². The second-order valence-electron chi connectivity index (χ2n) is 1.24. The number of thiocarbonyl (C=S) groups is 1. The third-order valence-corrected chi connectivity index (χ3v) is 0.847. The second-order valence-corrected chi connectivity index (χ2v) is 1.65. The molecule has 3 nitrogen and oxygen atoms in total. The molecule has 1 radical (unpaired) electrons. The van der Waals surface area contributed by atoms with Crippen LogP contribution in [0.2, 0.25) is 0 Å². The fourth-order valence-electron chi connectivity index (χ4n) is 0.223. The fourth-order valence-corrected chi connectivity index (χ4v) is 0.360. The predicted molar refractivity (Wildman–Crippen MR) is 36.2 cm³/mol. The molecule has 0 rings (SSSR count). The molecule has 0 aliphatic carbocycles. The van der Waals surface area contributed by atoms with Gasteiger partial charge in [0.25, 0.3) is 0 Å². The maximum Gasteiger partial charge on any atom is 0.168 e. The zero-order chi connectivity index (χ0) is 6.57. The lowest BCUT2D eigenvalue weighted by molar-refractivity contribution is 0.206. The van der Waals surface area contributed by atoms with Crippen molar-refractivity contribution < 1.29 is 5.11 Å². The molecule has 8 heavy (non-hydrogen) atoms. The van der Waals surface area contributed by atoms with Gasteiger partial charge in [0.1, 0.15) is 6.23 Å². The van der Waals surface area contributed by atoms with Gasteiger partial charge in [0.05, 0.1) is 0 Å². The van der Waals surface area contributed by atoms with E-state index in [0.29, 0.717) is 5.11 Å². The number of rotatable bonds is 1. The van der Waals surface area contributed by atoms with Crippen LogP contribution in [0.5, 0.6) is 0 Å². The first-order chi connectivity index (χ1) is 3.66. The van der Waals surface area contributed by atoms with Crippen molar-refractivity contribution in [1.82, 2.24) is 10.6 Å². The Kier molecular flexibility index (Phi) is 3.47. The van der Waals surface area contributed by atoms with Crippen molar-refractivity contribution >= 4 is 17.3 Å². The summed E-state index contributed by atoms with van der Waals surface area (Å²) >= 11 is 4.61. The van der Waals surface area contributed by atoms with E-state index in [1.54, 1.807) is 7.05 Å². The molecule has 0 fully saturated rings. The third kappa shape index (κ3) is 3.83. The van der Waals surface area contributed by atoms with E-state index in [9.17, 15) is 0 Å². The number of aliphatic hydroxyl groups is 1. The maximum atomic E-state index is 8.50. The lowest BCUT2D eigenvalue weighted by Crippen LogP contribution is -2.38. The quantitative estimate of drug-likeness (QED) is 0.325. The Morgan fingerprint density at radius 3 is 2.50 bits per heavy atom. The molecule has 4 heteroatoms. The lowest BCUT2D eigenvalue weighted by Gasteiger charge is -2.07. The average Bonchev–Trinajstić information content (AvgIpc) is 1.65.